The van der Waals surface area contributed by atoms with Gasteiger partial charge in [-0.15, -0.1) is 0 Å². The summed E-state index contributed by atoms with van der Waals surface area (Å²) in [5.74, 6) is -1.14. The van der Waals surface area contributed by atoms with Gasteiger partial charge in [-0.2, -0.15) is 4.55 Å². The number of likely N-dealkylation sites (N-methyl/N-ethyl adjacent to an activating group) is 1. The molecule has 8 nitrogen and oxygen atoms in total. The Labute approximate surface area is 255 Å². The van der Waals surface area contributed by atoms with Gasteiger partial charge in [-0.05, 0) is 92.8 Å². The second-order valence-corrected chi connectivity index (χ2v) is 16.0. The van der Waals surface area contributed by atoms with Crippen LogP contribution in [0.2, 0.25) is 0 Å². The van der Waals surface area contributed by atoms with Crippen LogP contribution >= 0.6 is 0 Å². The van der Waals surface area contributed by atoms with E-state index in [1.807, 2.05) is 11.8 Å². The standard InChI is InChI=1S/C31H43F2N3O5S2/c1-4-36(31(37)19-23-5-7-29(8-6-23)42(2,38)39)28-11-14-34(15-12-28)16-13-30(25-20-26(32)22-27(33)21-25)24-9-17-35(18-10-24)43(3,40)41/h5-8,20-22,24,28,30H,4,9-19H2,1-3H3/p+1. The molecule has 2 atom stereocenters. The average Bonchev–Trinajstić information content (AvgIpc) is 2.93. The molecule has 0 saturated carbocycles. The summed E-state index contributed by atoms with van der Waals surface area (Å²) in [5, 5.41) is 0. The van der Waals surface area contributed by atoms with Gasteiger partial charge in [0.25, 0.3) is 0 Å². The highest BCUT2D eigenvalue weighted by molar-refractivity contribution is 7.97. The fourth-order valence-electron chi connectivity index (χ4n) is 6.62. The molecule has 2 aromatic carbocycles. The van der Waals surface area contributed by atoms with Crippen molar-refractivity contribution in [2.75, 3.05) is 51.8 Å². The lowest BCUT2D eigenvalue weighted by Crippen LogP contribution is -2.48. The van der Waals surface area contributed by atoms with Crippen molar-refractivity contribution in [2.45, 2.75) is 62.3 Å². The first-order chi connectivity index (χ1) is 20.2. The fraction of sp³-hybridized carbons (Fsp3) is 0.581. The van der Waals surface area contributed by atoms with Crippen LogP contribution in [0.15, 0.2) is 47.4 Å². The number of benzene rings is 2. The monoisotopic (exact) mass is 640 g/mol. The average molecular weight is 641 g/mol. The first-order valence-corrected chi connectivity index (χ1v) is 18.7. The van der Waals surface area contributed by atoms with Crippen LogP contribution in [-0.2, 0) is 35.7 Å². The summed E-state index contributed by atoms with van der Waals surface area (Å²) in [6.07, 6.45) is 6.36. The molecule has 0 spiro atoms. The predicted octanol–water partition coefficient (Wildman–Crippen LogP) is 4.63. The Morgan fingerprint density at radius 2 is 1.60 bits per heavy atom. The Bertz CT molecular complexity index is 1380. The number of sulfonamides is 1. The third-order valence-corrected chi connectivity index (χ3v) is 11.4. The van der Waals surface area contributed by atoms with Gasteiger partial charge in [0.05, 0.1) is 12.7 Å². The third kappa shape index (κ3) is 9.13. The van der Waals surface area contributed by atoms with Gasteiger partial charge < -0.3 is 9.80 Å². The second-order valence-electron chi connectivity index (χ2n) is 12.0. The number of hydrogen-bond acceptors (Lipinski definition) is 5. The number of piperidine rings is 2. The van der Waals surface area contributed by atoms with Crippen molar-refractivity contribution in [1.29, 1.82) is 0 Å². The smallest absolute Gasteiger partial charge is 0.244 e. The van der Waals surface area contributed by atoms with Crippen LogP contribution in [0.4, 0.5) is 8.78 Å². The Morgan fingerprint density at radius 3 is 2.12 bits per heavy atom. The number of likely N-dealkylation sites (tertiary alicyclic amines) is 1. The van der Waals surface area contributed by atoms with Gasteiger partial charge in [-0.3, -0.25) is 4.79 Å². The molecule has 0 aliphatic carbocycles. The molecule has 238 valence electrons. The molecule has 1 amide bonds. The van der Waals surface area contributed by atoms with Gasteiger partial charge in [0.2, 0.25) is 26.1 Å². The van der Waals surface area contributed by atoms with Crippen molar-refractivity contribution in [3.8, 4) is 0 Å². The maximum Gasteiger partial charge on any atom is 0.244 e. The van der Waals surface area contributed by atoms with Crippen LogP contribution < -0.4 is 0 Å². The number of carbonyl (C=O) groups excluding carboxylic acids is 1. The lowest BCUT2D eigenvalue weighted by atomic mass is 9.78. The van der Waals surface area contributed by atoms with Gasteiger partial charge in [-0.1, -0.05) is 16.3 Å². The molecule has 2 heterocycles. The maximum atomic E-state index is 14.2. The Morgan fingerprint density at radius 1 is 1.02 bits per heavy atom. The molecule has 12 heteroatoms. The highest BCUT2D eigenvalue weighted by Crippen LogP contribution is 2.37. The summed E-state index contributed by atoms with van der Waals surface area (Å²) >= 11 is 0. The van der Waals surface area contributed by atoms with Crippen molar-refractivity contribution in [1.82, 2.24) is 14.1 Å². The highest BCUT2D eigenvalue weighted by Gasteiger charge is 2.33. The minimum Gasteiger partial charge on any atom is -0.340 e. The molecule has 4 rings (SSSR count). The Hall–Kier alpha value is -2.25. The quantitative estimate of drug-likeness (QED) is 0.360. The van der Waals surface area contributed by atoms with Crippen LogP contribution in [0.3, 0.4) is 0 Å². The summed E-state index contributed by atoms with van der Waals surface area (Å²) in [6, 6.07) is 10.5. The Balaban J connectivity index is 1.34. The molecule has 1 N–H and O–H groups in total. The van der Waals surface area contributed by atoms with E-state index in [-0.39, 0.29) is 30.2 Å². The summed E-state index contributed by atoms with van der Waals surface area (Å²) in [5.41, 5.74) is 1.43. The second kappa shape index (κ2) is 14.2. The minimum absolute atomic E-state index is 0.0311. The van der Waals surface area contributed by atoms with E-state index >= 15 is 0 Å². The number of halogens is 2. The summed E-state index contributed by atoms with van der Waals surface area (Å²) in [6.45, 7) is 5.76. The minimum atomic E-state index is -3.27. The molecule has 2 aliphatic rings. The molecule has 0 aromatic heterocycles. The van der Waals surface area contributed by atoms with Crippen molar-refractivity contribution in [3.05, 3.63) is 65.2 Å². The van der Waals surface area contributed by atoms with Crippen LogP contribution in [0, 0.1) is 17.6 Å². The van der Waals surface area contributed by atoms with Gasteiger partial charge in [0.1, 0.15) is 17.9 Å². The molecule has 0 radical (unpaired) electrons. The topological polar surface area (TPSA) is 98.2 Å². The van der Waals surface area contributed by atoms with E-state index in [0.717, 1.165) is 44.1 Å². The molecule has 2 aromatic rings. The number of hydrogen-bond donors (Lipinski definition) is 1. The first-order valence-electron chi connectivity index (χ1n) is 15.0. The molecule has 2 fully saturated rings. The van der Waals surface area contributed by atoms with Crippen molar-refractivity contribution in [3.63, 3.8) is 0 Å². The van der Waals surface area contributed by atoms with Gasteiger partial charge in [-0.25, -0.2) is 21.5 Å². The van der Waals surface area contributed by atoms with E-state index in [2.05, 4.69) is 4.90 Å². The Kier molecular flexibility index (Phi) is 11.1. The molecule has 43 heavy (non-hydrogen) atoms. The van der Waals surface area contributed by atoms with Gasteiger partial charge in [0, 0.05) is 44.8 Å². The van der Waals surface area contributed by atoms with E-state index in [9.17, 15) is 30.8 Å². The third-order valence-electron chi connectivity index (χ3n) is 8.98. The van der Waals surface area contributed by atoms with Crippen LogP contribution in [0.1, 0.15) is 56.1 Å². The molecule has 2 aliphatic heterocycles. The summed E-state index contributed by atoms with van der Waals surface area (Å²) in [7, 11) is -6.31. The lowest BCUT2D eigenvalue weighted by molar-refractivity contribution is -0.133. The van der Waals surface area contributed by atoms with E-state index < -0.39 is 31.9 Å². The predicted molar refractivity (Wildman–Crippen MR) is 165 cm³/mol. The number of nitrogens with zero attached hydrogens (tertiary/aromatic N) is 3. The van der Waals surface area contributed by atoms with Gasteiger partial charge in [0.15, 0.2) is 4.90 Å². The maximum absolute atomic E-state index is 14.2. The zero-order valence-corrected chi connectivity index (χ0v) is 26.9. The van der Waals surface area contributed by atoms with Crippen LogP contribution in [0.5, 0.6) is 0 Å². The normalized spacial score (nSPS) is 20.0. The summed E-state index contributed by atoms with van der Waals surface area (Å²) < 4.78 is 75.5. The molecule has 0 bridgehead atoms. The van der Waals surface area contributed by atoms with E-state index in [1.54, 1.807) is 24.3 Å². The number of amides is 1. The number of carbonyl (C=O) groups is 1. The SMILES string of the molecule is CCN(C(=O)Cc1ccc([S+](C)(=O)O)cc1)C1CCN(CCC(c2cc(F)cc(F)c2)C2CCN(S(C)(=O)=O)CC2)CC1. The van der Waals surface area contributed by atoms with Gasteiger partial charge >= 0.3 is 0 Å². The largest absolute Gasteiger partial charge is 0.340 e. The number of rotatable bonds is 11. The van der Waals surface area contributed by atoms with Crippen molar-refractivity contribution >= 4 is 26.1 Å². The highest BCUT2D eigenvalue weighted by atomic mass is 32.3. The zero-order chi connectivity index (χ0) is 31.4. The molecule has 2 unspecified atom stereocenters. The van der Waals surface area contributed by atoms with Crippen molar-refractivity contribution < 1.29 is 30.8 Å². The zero-order valence-electron chi connectivity index (χ0n) is 25.3. The van der Waals surface area contributed by atoms with Crippen LogP contribution in [0.25, 0.3) is 0 Å². The van der Waals surface area contributed by atoms with Crippen molar-refractivity contribution in [2.24, 2.45) is 5.92 Å². The molecular formula is C31H44F2N3O5S2+. The van der Waals surface area contributed by atoms with E-state index in [4.69, 9.17) is 0 Å². The first kappa shape index (κ1) is 33.6. The van der Waals surface area contributed by atoms with E-state index in [1.165, 1.54) is 28.9 Å². The fourth-order valence-corrected chi connectivity index (χ4v) is 8.14. The summed E-state index contributed by atoms with van der Waals surface area (Å²) in [4.78, 5) is 17.8. The van der Waals surface area contributed by atoms with E-state index in [0.29, 0.717) is 49.4 Å². The molecular weight excluding hydrogens is 596 g/mol. The molecule has 2 saturated heterocycles. The lowest BCUT2D eigenvalue weighted by Gasteiger charge is -2.40. The van der Waals surface area contributed by atoms with Crippen LogP contribution in [-0.4, -0.2) is 90.8 Å².